The summed E-state index contributed by atoms with van der Waals surface area (Å²) in [7, 11) is 0. The third-order valence-corrected chi connectivity index (χ3v) is 4.67. The third kappa shape index (κ3) is 3.21. The van der Waals surface area contributed by atoms with E-state index >= 15 is 0 Å². The van der Waals surface area contributed by atoms with Gasteiger partial charge in [0.05, 0.1) is 0 Å². The van der Waals surface area contributed by atoms with Crippen molar-refractivity contribution in [3.63, 3.8) is 0 Å². The Morgan fingerprint density at radius 3 is 2.90 bits per heavy atom. The summed E-state index contributed by atoms with van der Waals surface area (Å²) in [5, 5.41) is 6.63. The summed E-state index contributed by atoms with van der Waals surface area (Å²) in [5.74, 6) is 0.850. The number of carbonyl (C=O) groups excluding carboxylic acids is 1. The van der Waals surface area contributed by atoms with Crippen molar-refractivity contribution in [3.8, 4) is 0 Å². The molecule has 3 heteroatoms. The fraction of sp³-hybridized carbons (Fsp3) is 0.588. The lowest BCUT2D eigenvalue weighted by Gasteiger charge is -2.27. The summed E-state index contributed by atoms with van der Waals surface area (Å²) in [6, 6.07) is 8.82. The summed E-state index contributed by atoms with van der Waals surface area (Å²) in [4.78, 5) is 12.0. The van der Waals surface area contributed by atoms with Gasteiger partial charge in [-0.15, -0.1) is 0 Å². The maximum Gasteiger partial charge on any atom is 0.220 e. The van der Waals surface area contributed by atoms with Crippen LogP contribution in [0.25, 0.3) is 0 Å². The molecular formula is C17H24N2O. The minimum absolute atomic E-state index is 0.224. The van der Waals surface area contributed by atoms with Gasteiger partial charge in [0.15, 0.2) is 0 Å². The Morgan fingerprint density at radius 1 is 1.25 bits per heavy atom. The van der Waals surface area contributed by atoms with Crippen LogP contribution in [-0.4, -0.2) is 19.0 Å². The zero-order valence-electron chi connectivity index (χ0n) is 12.0. The van der Waals surface area contributed by atoms with Crippen LogP contribution in [-0.2, 0) is 11.2 Å². The van der Waals surface area contributed by atoms with E-state index in [0.717, 1.165) is 13.0 Å². The second-order valence-corrected chi connectivity index (χ2v) is 6.11. The van der Waals surface area contributed by atoms with E-state index in [2.05, 4.69) is 34.9 Å². The maximum atomic E-state index is 12.0. The highest BCUT2D eigenvalue weighted by atomic mass is 16.1. The van der Waals surface area contributed by atoms with E-state index in [-0.39, 0.29) is 11.9 Å². The zero-order valence-corrected chi connectivity index (χ0v) is 12.0. The summed E-state index contributed by atoms with van der Waals surface area (Å²) in [5.41, 5.74) is 2.77. The van der Waals surface area contributed by atoms with E-state index in [0.29, 0.717) is 18.9 Å². The first-order valence-corrected chi connectivity index (χ1v) is 7.91. The lowest BCUT2D eigenvalue weighted by molar-refractivity contribution is -0.122. The van der Waals surface area contributed by atoms with Crippen LogP contribution >= 0.6 is 0 Å². The molecule has 1 unspecified atom stereocenters. The van der Waals surface area contributed by atoms with Gasteiger partial charge in [0, 0.05) is 19.0 Å². The van der Waals surface area contributed by atoms with Gasteiger partial charge in [0.25, 0.3) is 0 Å². The minimum Gasteiger partial charge on any atom is -0.354 e. The highest BCUT2D eigenvalue weighted by Gasteiger charge is 2.21. The van der Waals surface area contributed by atoms with E-state index in [9.17, 15) is 4.79 Å². The molecule has 0 radical (unpaired) electrons. The molecule has 1 heterocycles. The van der Waals surface area contributed by atoms with Crippen LogP contribution in [0, 0.1) is 5.92 Å². The molecule has 3 rings (SSSR count). The molecule has 2 aliphatic rings. The molecule has 0 bridgehead atoms. The van der Waals surface area contributed by atoms with Crippen LogP contribution in [0.15, 0.2) is 24.3 Å². The normalized spacial score (nSPS) is 22.5. The van der Waals surface area contributed by atoms with Crippen LogP contribution < -0.4 is 10.6 Å². The van der Waals surface area contributed by atoms with Gasteiger partial charge in [-0.1, -0.05) is 37.1 Å². The Morgan fingerprint density at radius 2 is 2.05 bits per heavy atom. The lowest BCUT2D eigenvalue weighted by Crippen LogP contribution is -2.39. The number of hydrogen-bond acceptors (Lipinski definition) is 2. The highest BCUT2D eigenvalue weighted by molar-refractivity contribution is 5.76. The van der Waals surface area contributed by atoms with Gasteiger partial charge in [-0.25, -0.2) is 0 Å². The van der Waals surface area contributed by atoms with Gasteiger partial charge in [0.1, 0.15) is 0 Å². The minimum atomic E-state index is 0.224. The molecule has 1 saturated carbocycles. The second kappa shape index (κ2) is 6.40. The molecule has 1 fully saturated rings. The zero-order chi connectivity index (χ0) is 13.8. The Labute approximate surface area is 121 Å². The maximum absolute atomic E-state index is 12.0. The smallest absolute Gasteiger partial charge is 0.220 e. The predicted molar refractivity (Wildman–Crippen MR) is 80.5 cm³/mol. The summed E-state index contributed by atoms with van der Waals surface area (Å²) in [6.45, 7) is 1.71. The molecule has 1 atom stereocenters. The van der Waals surface area contributed by atoms with Gasteiger partial charge >= 0.3 is 0 Å². The van der Waals surface area contributed by atoms with Crippen LogP contribution in [0.3, 0.4) is 0 Å². The first kappa shape index (κ1) is 13.6. The Hall–Kier alpha value is -1.35. The van der Waals surface area contributed by atoms with Crippen molar-refractivity contribution in [1.82, 2.24) is 10.6 Å². The van der Waals surface area contributed by atoms with Crippen molar-refractivity contribution in [2.24, 2.45) is 5.92 Å². The summed E-state index contributed by atoms with van der Waals surface area (Å²) >= 11 is 0. The molecule has 108 valence electrons. The first-order chi connectivity index (χ1) is 9.83. The summed E-state index contributed by atoms with van der Waals surface area (Å²) < 4.78 is 0. The molecule has 2 N–H and O–H groups in total. The number of rotatable bonds is 4. The lowest BCUT2D eigenvalue weighted by atomic mass is 9.94. The van der Waals surface area contributed by atoms with Crippen molar-refractivity contribution in [2.75, 3.05) is 13.1 Å². The molecule has 1 aromatic rings. The first-order valence-electron chi connectivity index (χ1n) is 7.91. The van der Waals surface area contributed by atoms with Crippen molar-refractivity contribution in [3.05, 3.63) is 35.4 Å². The number of fused-ring (bicyclic) bond motifs is 1. The SMILES string of the molecule is O=C(CC1CCCC1)NCC1NCCc2ccccc21. The van der Waals surface area contributed by atoms with E-state index in [1.165, 1.54) is 36.8 Å². The predicted octanol–water partition coefficient (Wildman–Crippen LogP) is 2.57. The van der Waals surface area contributed by atoms with E-state index < -0.39 is 0 Å². The Balaban J connectivity index is 1.52. The van der Waals surface area contributed by atoms with Crippen molar-refractivity contribution < 1.29 is 4.79 Å². The number of hydrogen-bond donors (Lipinski definition) is 2. The summed E-state index contributed by atoms with van der Waals surface area (Å²) in [6.07, 6.45) is 6.87. The van der Waals surface area contributed by atoms with E-state index in [4.69, 9.17) is 0 Å². The molecule has 1 aromatic carbocycles. The standard InChI is InChI=1S/C17H24N2O/c20-17(11-13-5-1-2-6-13)19-12-16-15-8-4-3-7-14(15)9-10-18-16/h3-4,7-8,13,16,18H,1-2,5-6,9-12H2,(H,19,20). The van der Waals surface area contributed by atoms with Crippen molar-refractivity contribution in [2.45, 2.75) is 44.6 Å². The number of nitrogens with one attached hydrogen (secondary N) is 2. The van der Waals surface area contributed by atoms with Crippen LogP contribution in [0.2, 0.25) is 0 Å². The van der Waals surface area contributed by atoms with Crippen molar-refractivity contribution >= 4 is 5.91 Å². The number of amides is 1. The Kier molecular flexibility index (Phi) is 4.36. The van der Waals surface area contributed by atoms with Gasteiger partial charge in [-0.3, -0.25) is 4.79 Å². The van der Waals surface area contributed by atoms with E-state index in [1.807, 2.05) is 0 Å². The number of carbonyl (C=O) groups is 1. The van der Waals surface area contributed by atoms with Crippen LogP contribution in [0.1, 0.15) is 49.3 Å². The average Bonchev–Trinajstić information content (AvgIpc) is 2.98. The highest BCUT2D eigenvalue weighted by Crippen LogP contribution is 2.27. The molecule has 1 aliphatic heterocycles. The fourth-order valence-corrected chi connectivity index (χ4v) is 3.54. The topological polar surface area (TPSA) is 41.1 Å². The third-order valence-electron chi connectivity index (χ3n) is 4.67. The van der Waals surface area contributed by atoms with E-state index in [1.54, 1.807) is 0 Å². The molecule has 3 nitrogen and oxygen atoms in total. The molecule has 0 saturated heterocycles. The molecule has 1 amide bonds. The Bertz CT molecular complexity index is 466. The fourth-order valence-electron chi connectivity index (χ4n) is 3.54. The quantitative estimate of drug-likeness (QED) is 0.884. The van der Waals surface area contributed by atoms with Gasteiger partial charge in [0.2, 0.25) is 5.91 Å². The number of benzene rings is 1. The average molecular weight is 272 g/mol. The molecular weight excluding hydrogens is 248 g/mol. The molecule has 0 aromatic heterocycles. The largest absolute Gasteiger partial charge is 0.354 e. The molecule has 1 aliphatic carbocycles. The second-order valence-electron chi connectivity index (χ2n) is 6.11. The monoisotopic (exact) mass is 272 g/mol. The van der Waals surface area contributed by atoms with Crippen LogP contribution in [0.4, 0.5) is 0 Å². The van der Waals surface area contributed by atoms with Crippen molar-refractivity contribution in [1.29, 1.82) is 0 Å². The van der Waals surface area contributed by atoms with Crippen LogP contribution in [0.5, 0.6) is 0 Å². The van der Waals surface area contributed by atoms with Gasteiger partial charge in [-0.2, -0.15) is 0 Å². The molecule has 20 heavy (non-hydrogen) atoms. The molecule has 0 spiro atoms. The van der Waals surface area contributed by atoms with Gasteiger partial charge < -0.3 is 10.6 Å². The van der Waals surface area contributed by atoms with Gasteiger partial charge in [-0.05, 0) is 42.9 Å².